The van der Waals surface area contributed by atoms with Crippen molar-refractivity contribution in [1.29, 1.82) is 0 Å². The number of anilines is 1. The van der Waals surface area contributed by atoms with E-state index in [1.54, 1.807) is 4.90 Å². The summed E-state index contributed by atoms with van der Waals surface area (Å²) in [6.45, 7) is 3.77. The van der Waals surface area contributed by atoms with Gasteiger partial charge in [-0.15, -0.1) is 0 Å². The Hall–Kier alpha value is -2.49. The van der Waals surface area contributed by atoms with Crippen molar-refractivity contribution in [2.75, 3.05) is 18.1 Å². The molecule has 0 radical (unpaired) electrons. The summed E-state index contributed by atoms with van der Waals surface area (Å²) in [7, 11) is 0. The van der Waals surface area contributed by atoms with Gasteiger partial charge in [0.05, 0.1) is 6.61 Å². The van der Waals surface area contributed by atoms with Gasteiger partial charge in [-0.1, -0.05) is 36.4 Å². The van der Waals surface area contributed by atoms with Crippen LogP contribution < -0.4 is 15.0 Å². The van der Waals surface area contributed by atoms with Crippen molar-refractivity contribution >= 4 is 11.7 Å². The fourth-order valence-corrected chi connectivity index (χ4v) is 2.76. The van der Waals surface area contributed by atoms with E-state index in [2.05, 4.69) is 11.4 Å². The van der Waals surface area contributed by atoms with Crippen molar-refractivity contribution in [2.24, 2.45) is 0 Å². The number of nitrogens with one attached hydrogen (secondary N) is 1. The number of urea groups is 1. The van der Waals surface area contributed by atoms with Crippen LogP contribution in [0.2, 0.25) is 0 Å². The van der Waals surface area contributed by atoms with Crippen LogP contribution in [0.1, 0.15) is 18.1 Å². The van der Waals surface area contributed by atoms with E-state index in [4.69, 9.17) is 4.74 Å². The minimum atomic E-state index is -0.0590. The summed E-state index contributed by atoms with van der Waals surface area (Å²) in [5.41, 5.74) is 3.23. The molecule has 4 heteroatoms. The number of fused-ring (bicyclic) bond motifs is 1. The molecule has 114 valence electrons. The standard InChI is InChI=1S/C18H20N2O2/c1-2-22-17-10-6-4-8-15(17)13-19-18(21)20-12-11-14-7-3-5-9-16(14)20/h3-10H,2,11-13H2,1H3,(H,19,21). The molecule has 22 heavy (non-hydrogen) atoms. The topological polar surface area (TPSA) is 41.6 Å². The zero-order valence-electron chi connectivity index (χ0n) is 12.7. The normalized spacial score (nSPS) is 12.9. The highest BCUT2D eigenvalue weighted by molar-refractivity contribution is 5.94. The molecule has 0 atom stereocenters. The zero-order valence-corrected chi connectivity index (χ0v) is 12.7. The average Bonchev–Trinajstić information content (AvgIpc) is 2.98. The Bertz CT molecular complexity index is 670. The molecule has 2 aromatic rings. The number of amides is 2. The largest absolute Gasteiger partial charge is 0.494 e. The lowest BCUT2D eigenvalue weighted by atomic mass is 10.2. The summed E-state index contributed by atoms with van der Waals surface area (Å²) < 4.78 is 5.59. The molecule has 0 spiro atoms. The Morgan fingerprint density at radius 3 is 2.82 bits per heavy atom. The van der Waals surface area contributed by atoms with Gasteiger partial charge in [0.15, 0.2) is 0 Å². The molecule has 0 saturated heterocycles. The molecular weight excluding hydrogens is 276 g/mol. The predicted molar refractivity (Wildman–Crippen MR) is 87.3 cm³/mol. The van der Waals surface area contributed by atoms with E-state index in [0.717, 1.165) is 30.0 Å². The van der Waals surface area contributed by atoms with Crippen molar-refractivity contribution in [3.63, 3.8) is 0 Å². The van der Waals surface area contributed by atoms with Gasteiger partial charge in [-0.25, -0.2) is 4.79 Å². The molecule has 1 N–H and O–H groups in total. The third-order valence-corrected chi connectivity index (χ3v) is 3.83. The summed E-state index contributed by atoms with van der Waals surface area (Å²) in [6.07, 6.45) is 0.916. The lowest BCUT2D eigenvalue weighted by Crippen LogP contribution is -2.38. The van der Waals surface area contributed by atoms with E-state index >= 15 is 0 Å². The maximum absolute atomic E-state index is 12.4. The van der Waals surface area contributed by atoms with Crippen LogP contribution in [0.5, 0.6) is 5.75 Å². The molecule has 4 nitrogen and oxygen atoms in total. The lowest BCUT2D eigenvalue weighted by Gasteiger charge is -2.18. The van der Waals surface area contributed by atoms with Crippen LogP contribution in [0.15, 0.2) is 48.5 Å². The SMILES string of the molecule is CCOc1ccccc1CNC(=O)N1CCc2ccccc21. The average molecular weight is 296 g/mol. The van der Waals surface area contributed by atoms with E-state index in [1.165, 1.54) is 5.56 Å². The highest BCUT2D eigenvalue weighted by Crippen LogP contribution is 2.27. The van der Waals surface area contributed by atoms with Crippen LogP contribution in [-0.2, 0) is 13.0 Å². The van der Waals surface area contributed by atoms with E-state index in [0.29, 0.717) is 13.2 Å². The van der Waals surface area contributed by atoms with Crippen molar-refractivity contribution in [2.45, 2.75) is 19.9 Å². The fraction of sp³-hybridized carbons (Fsp3) is 0.278. The fourth-order valence-electron chi connectivity index (χ4n) is 2.76. The molecule has 0 saturated carbocycles. The number of benzene rings is 2. The Labute approximate surface area is 130 Å². The van der Waals surface area contributed by atoms with Crippen LogP contribution in [0, 0.1) is 0 Å². The maximum Gasteiger partial charge on any atom is 0.322 e. The minimum Gasteiger partial charge on any atom is -0.494 e. The number of hydrogen-bond donors (Lipinski definition) is 1. The van der Waals surface area contributed by atoms with Crippen molar-refractivity contribution < 1.29 is 9.53 Å². The first-order chi connectivity index (χ1) is 10.8. The second kappa shape index (κ2) is 6.52. The van der Waals surface area contributed by atoms with E-state index < -0.39 is 0 Å². The molecule has 0 bridgehead atoms. The van der Waals surface area contributed by atoms with E-state index in [1.807, 2.05) is 49.4 Å². The molecule has 0 aliphatic carbocycles. The van der Waals surface area contributed by atoms with Gasteiger partial charge < -0.3 is 10.1 Å². The molecule has 0 aromatic heterocycles. The summed E-state index contributed by atoms with van der Waals surface area (Å²) >= 11 is 0. The maximum atomic E-state index is 12.4. The first kappa shape index (κ1) is 14.4. The predicted octanol–water partition coefficient (Wildman–Crippen LogP) is 3.36. The van der Waals surface area contributed by atoms with Gasteiger partial charge in [-0.3, -0.25) is 4.90 Å². The second-order valence-electron chi connectivity index (χ2n) is 5.23. The highest BCUT2D eigenvalue weighted by atomic mass is 16.5. The third kappa shape index (κ3) is 2.91. The summed E-state index contributed by atoms with van der Waals surface area (Å²) in [5.74, 6) is 0.826. The molecule has 1 aliphatic heterocycles. The molecular formula is C18H20N2O2. The Morgan fingerprint density at radius 1 is 1.18 bits per heavy atom. The van der Waals surface area contributed by atoms with Gasteiger partial charge in [-0.05, 0) is 31.0 Å². The Balaban J connectivity index is 1.67. The molecule has 2 amide bonds. The van der Waals surface area contributed by atoms with Crippen LogP contribution in [0.3, 0.4) is 0 Å². The zero-order chi connectivity index (χ0) is 15.4. The van der Waals surface area contributed by atoms with Gasteiger partial charge in [0.1, 0.15) is 5.75 Å². The molecule has 1 aliphatic rings. The van der Waals surface area contributed by atoms with E-state index in [9.17, 15) is 4.79 Å². The first-order valence-electron chi connectivity index (χ1n) is 7.63. The molecule has 0 unspecified atom stereocenters. The van der Waals surface area contributed by atoms with Crippen molar-refractivity contribution in [3.05, 3.63) is 59.7 Å². The van der Waals surface area contributed by atoms with Crippen LogP contribution in [0.4, 0.5) is 10.5 Å². The van der Waals surface area contributed by atoms with Crippen LogP contribution in [-0.4, -0.2) is 19.2 Å². The number of para-hydroxylation sites is 2. The Morgan fingerprint density at radius 2 is 1.95 bits per heavy atom. The number of rotatable bonds is 4. The molecule has 0 fully saturated rings. The number of ether oxygens (including phenoxy) is 1. The van der Waals surface area contributed by atoms with Gasteiger partial charge >= 0.3 is 6.03 Å². The van der Waals surface area contributed by atoms with Gasteiger partial charge in [-0.2, -0.15) is 0 Å². The van der Waals surface area contributed by atoms with Crippen LogP contribution >= 0.6 is 0 Å². The quantitative estimate of drug-likeness (QED) is 0.940. The highest BCUT2D eigenvalue weighted by Gasteiger charge is 2.23. The summed E-state index contributed by atoms with van der Waals surface area (Å²) in [6, 6.07) is 15.8. The summed E-state index contributed by atoms with van der Waals surface area (Å²) in [4.78, 5) is 14.2. The lowest BCUT2D eigenvalue weighted by molar-refractivity contribution is 0.246. The summed E-state index contributed by atoms with van der Waals surface area (Å²) in [5, 5.41) is 2.99. The third-order valence-electron chi connectivity index (χ3n) is 3.83. The second-order valence-corrected chi connectivity index (χ2v) is 5.23. The van der Waals surface area contributed by atoms with Gasteiger partial charge in [0.2, 0.25) is 0 Å². The van der Waals surface area contributed by atoms with Crippen LogP contribution in [0.25, 0.3) is 0 Å². The van der Waals surface area contributed by atoms with Gasteiger partial charge in [0.25, 0.3) is 0 Å². The number of nitrogens with zero attached hydrogens (tertiary/aromatic N) is 1. The monoisotopic (exact) mass is 296 g/mol. The molecule has 3 rings (SSSR count). The molecule has 2 aromatic carbocycles. The molecule has 1 heterocycles. The first-order valence-corrected chi connectivity index (χ1v) is 7.63. The number of carbonyl (C=O) groups is 1. The Kier molecular flexibility index (Phi) is 4.28. The van der Waals surface area contributed by atoms with Crippen molar-refractivity contribution in [1.82, 2.24) is 5.32 Å². The smallest absolute Gasteiger partial charge is 0.322 e. The van der Waals surface area contributed by atoms with Gasteiger partial charge in [0, 0.05) is 24.3 Å². The number of hydrogen-bond acceptors (Lipinski definition) is 2. The van der Waals surface area contributed by atoms with Crippen molar-refractivity contribution in [3.8, 4) is 5.75 Å². The number of carbonyl (C=O) groups excluding carboxylic acids is 1. The minimum absolute atomic E-state index is 0.0590. The van der Waals surface area contributed by atoms with E-state index in [-0.39, 0.29) is 6.03 Å².